The number of nitrogens with zero attached hydrogens (tertiary/aromatic N) is 2. The molecule has 2 fully saturated rings. The van der Waals surface area contributed by atoms with Crippen LogP contribution in [0.2, 0.25) is 5.02 Å². The van der Waals surface area contributed by atoms with Crippen molar-refractivity contribution in [1.82, 2.24) is 10.3 Å². The molecular formula is C16H20ClN3O2. The molecule has 2 aromatic rings. The first kappa shape index (κ1) is 14.3. The Morgan fingerprint density at radius 1 is 1.41 bits per heavy atom. The average molecular weight is 322 g/mol. The molecule has 0 amide bonds. The fourth-order valence-electron chi connectivity index (χ4n) is 3.32. The Bertz CT molecular complexity index is 681. The second-order valence-corrected chi connectivity index (χ2v) is 6.52. The first-order valence-corrected chi connectivity index (χ1v) is 8.29. The number of benzene rings is 1. The molecule has 0 spiro atoms. The molecule has 1 aromatic carbocycles. The normalized spacial score (nSPS) is 26.0. The van der Waals surface area contributed by atoms with Gasteiger partial charge in [0.15, 0.2) is 5.58 Å². The number of oxazole rings is 1. The van der Waals surface area contributed by atoms with Crippen molar-refractivity contribution in [3.8, 4) is 0 Å². The molecule has 2 saturated heterocycles. The molecule has 0 bridgehead atoms. The Hall–Kier alpha value is -1.30. The Balaban J connectivity index is 1.77. The summed E-state index contributed by atoms with van der Waals surface area (Å²) in [5.74, 6) is 0. The highest BCUT2D eigenvalue weighted by Gasteiger charge is 2.27. The zero-order chi connectivity index (χ0) is 15.1. The lowest BCUT2D eigenvalue weighted by Crippen LogP contribution is -2.50. The third-order valence-corrected chi connectivity index (χ3v) is 4.71. The number of piperazine rings is 1. The van der Waals surface area contributed by atoms with Crippen LogP contribution in [0.3, 0.4) is 0 Å². The van der Waals surface area contributed by atoms with Gasteiger partial charge in [0.05, 0.1) is 6.10 Å². The van der Waals surface area contributed by atoms with E-state index in [-0.39, 0.29) is 6.10 Å². The average Bonchev–Trinajstić information content (AvgIpc) is 3.15. The molecule has 1 N–H and O–H groups in total. The Kier molecular flexibility index (Phi) is 3.72. The summed E-state index contributed by atoms with van der Waals surface area (Å²) < 4.78 is 11.9. The Morgan fingerprint density at radius 2 is 2.32 bits per heavy atom. The summed E-state index contributed by atoms with van der Waals surface area (Å²) in [4.78, 5) is 6.88. The van der Waals surface area contributed by atoms with Gasteiger partial charge in [-0.15, -0.1) is 0 Å². The van der Waals surface area contributed by atoms with Crippen molar-refractivity contribution in [3.63, 3.8) is 0 Å². The van der Waals surface area contributed by atoms with E-state index in [9.17, 15) is 0 Å². The number of fused-ring (bicyclic) bond motifs is 1. The molecule has 6 heteroatoms. The number of halogens is 1. The molecule has 118 valence electrons. The molecule has 1 unspecified atom stereocenters. The molecule has 0 radical (unpaired) electrons. The van der Waals surface area contributed by atoms with Gasteiger partial charge in [0.25, 0.3) is 6.01 Å². The van der Waals surface area contributed by atoms with Crippen molar-refractivity contribution < 1.29 is 9.15 Å². The van der Waals surface area contributed by atoms with Crippen molar-refractivity contribution in [2.75, 3.05) is 31.1 Å². The van der Waals surface area contributed by atoms with Crippen LogP contribution in [-0.2, 0) is 4.74 Å². The largest absolute Gasteiger partial charge is 0.423 e. The van der Waals surface area contributed by atoms with Crippen LogP contribution in [0.4, 0.5) is 6.01 Å². The minimum Gasteiger partial charge on any atom is -0.423 e. The van der Waals surface area contributed by atoms with Gasteiger partial charge in [0.2, 0.25) is 0 Å². The number of hydrogen-bond donors (Lipinski definition) is 1. The summed E-state index contributed by atoms with van der Waals surface area (Å²) in [5, 5.41) is 4.07. The highest BCUT2D eigenvalue weighted by Crippen LogP contribution is 2.37. The van der Waals surface area contributed by atoms with Crippen molar-refractivity contribution >= 4 is 28.7 Å². The van der Waals surface area contributed by atoms with E-state index in [1.165, 1.54) is 0 Å². The van der Waals surface area contributed by atoms with Crippen molar-refractivity contribution in [2.45, 2.75) is 31.9 Å². The van der Waals surface area contributed by atoms with Crippen molar-refractivity contribution in [3.05, 3.63) is 22.7 Å². The Morgan fingerprint density at radius 3 is 3.09 bits per heavy atom. The fraction of sp³-hybridized carbons (Fsp3) is 0.562. The molecule has 3 heterocycles. The summed E-state index contributed by atoms with van der Waals surface area (Å²) in [6.45, 7) is 5.76. The van der Waals surface area contributed by atoms with Crippen LogP contribution in [0.1, 0.15) is 31.4 Å². The number of anilines is 1. The lowest BCUT2D eigenvalue weighted by Gasteiger charge is -2.32. The van der Waals surface area contributed by atoms with Crippen LogP contribution in [0.5, 0.6) is 0 Å². The minimum absolute atomic E-state index is 0.0717. The van der Waals surface area contributed by atoms with E-state index in [4.69, 9.17) is 20.8 Å². The lowest BCUT2D eigenvalue weighted by atomic mass is 10.1. The number of nitrogens with one attached hydrogen (secondary N) is 1. The predicted octanol–water partition coefficient (Wildman–Crippen LogP) is 3.13. The molecule has 2 aliphatic rings. The van der Waals surface area contributed by atoms with Gasteiger partial charge < -0.3 is 19.4 Å². The van der Waals surface area contributed by atoms with Crippen LogP contribution < -0.4 is 10.2 Å². The third-order valence-electron chi connectivity index (χ3n) is 4.50. The smallest absolute Gasteiger partial charge is 0.298 e. The fourth-order valence-corrected chi connectivity index (χ4v) is 3.54. The molecule has 2 aliphatic heterocycles. The van der Waals surface area contributed by atoms with E-state index in [0.717, 1.165) is 55.7 Å². The van der Waals surface area contributed by atoms with Crippen molar-refractivity contribution in [1.29, 1.82) is 0 Å². The molecule has 2 atom stereocenters. The maximum atomic E-state index is 6.27. The van der Waals surface area contributed by atoms with Gasteiger partial charge in [-0.3, -0.25) is 0 Å². The third kappa shape index (κ3) is 2.47. The van der Waals surface area contributed by atoms with E-state index in [2.05, 4.69) is 22.1 Å². The van der Waals surface area contributed by atoms with Crippen molar-refractivity contribution in [2.24, 2.45) is 0 Å². The summed E-state index contributed by atoms with van der Waals surface area (Å²) in [6.07, 6.45) is 2.16. The molecule has 1 aromatic heterocycles. The first-order valence-electron chi connectivity index (χ1n) is 7.91. The highest BCUT2D eigenvalue weighted by molar-refractivity contribution is 6.31. The van der Waals surface area contributed by atoms with Gasteiger partial charge >= 0.3 is 0 Å². The Labute approximate surface area is 134 Å². The highest BCUT2D eigenvalue weighted by atomic mass is 35.5. The standard InChI is InChI=1S/C16H20ClN3O2/c1-10-9-18-4-5-20(10)16-19-13-8-11(17)7-12(15(13)22-16)14-3-2-6-21-14/h7-8,10,14,18H,2-6,9H2,1H3/t10-,14?/m0/s1. The molecule has 4 rings (SSSR count). The molecule has 0 aliphatic carbocycles. The predicted molar refractivity (Wildman–Crippen MR) is 86.6 cm³/mol. The van der Waals surface area contributed by atoms with Gasteiger partial charge in [0.1, 0.15) is 5.52 Å². The summed E-state index contributed by atoms with van der Waals surface area (Å²) >= 11 is 6.27. The van der Waals surface area contributed by atoms with E-state index in [1.54, 1.807) is 0 Å². The summed E-state index contributed by atoms with van der Waals surface area (Å²) in [7, 11) is 0. The summed E-state index contributed by atoms with van der Waals surface area (Å²) in [6, 6.07) is 4.87. The molecule has 5 nitrogen and oxygen atoms in total. The van der Waals surface area contributed by atoms with Gasteiger partial charge in [0, 0.05) is 42.9 Å². The number of hydrogen-bond acceptors (Lipinski definition) is 5. The van der Waals surface area contributed by atoms with Crippen LogP contribution >= 0.6 is 11.6 Å². The summed E-state index contributed by atoms with van der Waals surface area (Å²) in [5.41, 5.74) is 2.66. The van der Waals surface area contributed by atoms with Crippen LogP contribution in [0.25, 0.3) is 11.1 Å². The zero-order valence-electron chi connectivity index (χ0n) is 12.6. The van der Waals surface area contributed by atoms with E-state index < -0.39 is 0 Å². The molecule has 22 heavy (non-hydrogen) atoms. The van der Waals surface area contributed by atoms with Crippen LogP contribution in [0.15, 0.2) is 16.5 Å². The molecule has 0 saturated carbocycles. The first-order chi connectivity index (χ1) is 10.7. The van der Waals surface area contributed by atoms with E-state index in [0.29, 0.717) is 17.1 Å². The second kappa shape index (κ2) is 5.72. The maximum Gasteiger partial charge on any atom is 0.298 e. The van der Waals surface area contributed by atoms with Crippen LogP contribution in [0, 0.1) is 0 Å². The van der Waals surface area contributed by atoms with E-state index in [1.807, 2.05) is 12.1 Å². The lowest BCUT2D eigenvalue weighted by molar-refractivity contribution is 0.112. The zero-order valence-corrected chi connectivity index (χ0v) is 13.4. The van der Waals surface area contributed by atoms with Gasteiger partial charge in [-0.1, -0.05) is 11.6 Å². The van der Waals surface area contributed by atoms with E-state index >= 15 is 0 Å². The second-order valence-electron chi connectivity index (χ2n) is 6.09. The topological polar surface area (TPSA) is 50.5 Å². The minimum atomic E-state index is 0.0717. The monoisotopic (exact) mass is 321 g/mol. The molecular weight excluding hydrogens is 302 g/mol. The van der Waals surface area contributed by atoms with Gasteiger partial charge in [-0.2, -0.15) is 4.98 Å². The number of ether oxygens (including phenoxy) is 1. The van der Waals surface area contributed by atoms with Gasteiger partial charge in [-0.25, -0.2) is 0 Å². The maximum absolute atomic E-state index is 6.27. The number of rotatable bonds is 2. The SMILES string of the molecule is C[C@H]1CNCCN1c1nc2cc(Cl)cc(C3CCCO3)c2o1. The van der Waals surface area contributed by atoms with Gasteiger partial charge in [-0.05, 0) is 31.9 Å². The van der Waals surface area contributed by atoms with Crippen LogP contribution in [-0.4, -0.2) is 37.3 Å². The number of aromatic nitrogens is 1. The quantitative estimate of drug-likeness (QED) is 0.921.